The van der Waals surface area contributed by atoms with E-state index in [1.807, 2.05) is 0 Å². The second kappa shape index (κ2) is 6.52. The molecule has 1 aliphatic heterocycles. The van der Waals surface area contributed by atoms with E-state index in [2.05, 4.69) is 15.9 Å². The van der Waals surface area contributed by atoms with Crippen LogP contribution in [0.2, 0.25) is 0 Å². The van der Waals surface area contributed by atoms with E-state index in [0.717, 1.165) is 5.56 Å². The third-order valence-corrected chi connectivity index (χ3v) is 4.06. The zero-order valence-corrected chi connectivity index (χ0v) is 14.3. The fourth-order valence-corrected chi connectivity index (χ4v) is 2.83. The standard InChI is InChI=1S/C17H13BrO6/c1-9-4-11(16(20)12(18)5-9)17(21)22-7-13(19)10-2-3-14-15(6-10)24-8-23-14/h2-6,20H,7-8H2,1H3. The van der Waals surface area contributed by atoms with Crippen LogP contribution >= 0.6 is 15.9 Å². The first kappa shape index (κ1) is 16.3. The number of ketones is 1. The molecule has 7 heteroatoms. The SMILES string of the molecule is Cc1cc(Br)c(O)c(C(=O)OCC(=O)c2ccc3c(c2)OCO3)c1. The molecule has 3 rings (SSSR count). The molecule has 0 atom stereocenters. The van der Waals surface area contributed by atoms with Crippen LogP contribution in [0.1, 0.15) is 26.3 Å². The van der Waals surface area contributed by atoms with Gasteiger partial charge < -0.3 is 19.3 Å². The van der Waals surface area contributed by atoms with Gasteiger partial charge in [-0.25, -0.2) is 4.79 Å². The van der Waals surface area contributed by atoms with Crippen molar-refractivity contribution in [1.29, 1.82) is 0 Å². The monoisotopic (exact) mass is 392 g/mol. The Morgan fingerprint density at radius 1 is 1.21 bits per heavy atom. The summed E-state index contributed by atoms with van der Waals surface area (Å²) < 4.78 is 15.8. The van der Waals surface area contributed by atoms with Crippen molar-refractivity contribution in [1.82, 2.24) is 0 Å². The molecule has 124 valence electrons. The smallest absolute Gasteiger partial charge is 0.342 e. The number of hydrogen-bond acceptors (Lipinski definition) is 6. The predicted molar refractivity (Wildman–Crippen MR) is 87.7 cm³/mol. The summed E-state index contributed by atoms with van der Waals surface area (Å²) in [7, 11) is 0. The van der Waals surface area contributed by atoms with Crippen LogP contribution < -0.4 is 9.47 Å². The fourth-order valence-electron chi connectivity index (χ4n) is 2.25. The van der Waals surface area contributed by atoms with Crippen molar-refractivity contribution < 1.29 is 28.9 Å². The van der Waals surface area contributed by atoms with Crippen molar-refractivity contribution in [3.8, 4) is 17.2 Å². The number of Topliss-reactive ketones (excluding diaryl/α,β-unsaturated/α-hetero) is 1. The third-order valence-electron chi connectivity index (χ3n) is 3.46. The second-order valence-electron chi connectivity index (χ2n) is 5.21. The number of phenolic OH excluding ortho intramolecular Hbond substituents is 1. The lowest BCUT2D eigenvalue weighted by molar-refractivity contribution is 0.0471. The van der Waals surface area contributed by atoms with Gasteiger partial charge in [-0.3, -0.25) is 4.79 Å². The number of benzene rings is 2. The van der Waals surface area contributed by atoms with Gasteiger partial charge in [0.1, 0.15) is 11.3 Å². The number of phenols is 1. The van der Waals surface area contributed by atoms with Gasteiger partial charge in [-0.2, -0.15) is 0 Å². The molecule has 1 N–H and O–H groups in total. The minimum atomic E-state index is -0.772. The summed E-state index contributed by atoms with van der Waals surface area (Å²) in [4.78, 5) is 24.2. The lowest BCUT2D eigenvalue weighted by atomic mass is 10.1. The van der Waals surface area contributed by atoms with Crippen molar-refractivity contribution in [3.05, 3.63) is 51.5 Å². The molecule has 0 bridgehead atoms. The Morgan fingerprint density at radius 3 is 2.75 bits per heavy atom. The van der Waals surface area contributed by atoms with Gasteiger partial charge in [0.25, 0.3) is 0 Å². The number of aromatic hydroxyl groups is 1. The summed E-state index contributed by atoms with van der Waals surface area (Å²) >= 11 is 3.16. The Morgan fingerprint density at radius 2 is 1.96 bits per heavy atom. The van der Waals surface area contributed by atoms with E-state index in [-0.39, 0.29) is 23.9 Å². The number of rotatable bonds is 4. The van der Waals surface area contributed by atoms with Gasteiger partial charge >= 0.3 is 5.97 Å². The summed E-state index contributed by atoms with van der Waals surface area (Å²) in [6, 6.07) is 7.90. The highest BCUT2D eigenvalue weighted by molar-refractivity contribution is 9.10. The van der Waals surface area contributed by atoms with E-state index >= 15 is 0 Å². The first-order chi connectivity index (χ1) is 11.5. The number of halogens is 1. The molecule has 2 aromatic carbocycles. The van der Waals surface area contributed by atoms with E-state index in [4.69, 9.17) is 14.2 Å². The van der Waals surface area contributed by atoms with Gasteiger partial charge in [0.2, 0.25) is 6.79 Å². The van der Waals surface area contributed by atoms with Gasteiger partial charge in [0, 0.05) is 5.56 Å². The van der Waals surface area contributed by atoms with Gasteiger partial charge in [-0.15, -0.1) is 0 Å². The Hall–Kier alpha value is -2.54. The minimum Gasteiger partial charge on any atom is -0.506 e. The second-order valence-corrected chi connectivity index (χ2v) is 6.06. The molecule has 0 spiro atoms. The van der Waals surface area contributed by atoms with Gasteiger partial charge in [0.15, 0.2) is 23.9 Å². The quantitative estimate of drug-likeness (QED) is 0.635. The first-order valence-corrected chi connectivity index (χ1v) is 7.84. The first-order valence-electron chi connectivity index (χ1n) is 7.05. The van der Waals surface area contributed by atoms with Gasteiger partial charge in [0.05, 0.1) is 4.47 Å². The average molecular weight is 393 g/mol. The number of hydrogen-bond donors (Lipinski definition) is 1. The predicted octanol–water partition coefficient (Wildman–Crippen LogP) is 3.23. The Bertz CT molecular complexity index is 830. The Balaban J connectivity index is 1.69. The van der Waals surface area contributed by atoms with E-state index in [9.17, 15) is 14.7 Å². The summed E-state index contributed by atoms with van der Waals surface area (Å²) in [5.41, 5.74) is 1.12. The van der Waals surface area contributed by atoms with Gasteiger partial charge in [-0.05, 0) is 58.7 Å². The molecular weight excluding hydrogens is 380 g/mol. The maximum Gasteiger partial charge on any atom is 0.342 e. The highest BCUT2D eigenvalue weighted by Gasteiger charge is 2.20. The Labute approximate surface area is 146 Å². The Kier molecular flexibility index (Phi) is 4.44. The van der Waals surface area contributed by atoms with Gasteiger partial charge in [-0.1, -0.05) is 0 Å². The zero-order chi connectivity index (χ0) is 17.3. The number of ether oxygens (including phenoxy) is 3. The molecule has 1 heterocycles. The maximum absolute atomic E-state index is 12.2. The van der Waals surface area contributed by atoms with Crippen molar-refractivity contribution in [2.24, 2.45) is 0 Å². The number of esters is 1. The molecule has 0 radical (unpaired) electrons. The van der Waals surface area contributed by atoms with E-state index < -0.39 is 12.6 Å². The van der Waals surface area contributed by atoms with Crippen molar-refractivity contribution >= 4 is 27.7 Å². The summed E-state index contributed by atoms with van der Waals surface area (Å²) in [5.74, 6) is -0.328. The van der Waals surface area contributed by atoms with Crippen LogP contribution in [-0.2, 0) is 4.74 Å². The number of fused-ring (bicyclic) bond motifs is 1. The normalized spacial score (nSPS) is 12.1. The lowest BCUT2D eigenvalue weighted by Gasteiger charge is -2.08. The highest BCUT2D eigenvalue weighted by Crippen LogP contribution is 2.33. The molecule has 0 fully saturated rings. The summed E-state index contributed by atoms with van der Waals surface area (Å²) in [5, 5.41) is 9.92. The minimum absolute atomic E-state index is 0.000335. The van der Waals surface area contributed by atoms with Crippen LogP contribution in [0, 0.1) is 6.92 Å². The molecule has 0 aliphatic carbocycles. The molecule has 2 aromatic rings. The van der Waals surface area contributed by atoms with Crippen LogP contribution in [-0.4, -0.2) is 30.3 Å². The molecule has 0 amide bonds. The molecule has 0 saturated carbocycles. The lowest BCUT2D eigenvalue weighted by Crippen LogP contribution is -2.14. The molecule has 24 heavy (non-hydrogen) atoms. The topological polar surface area (TPSA) is 82.1 Å². The third kappa shape index (κ3) is 3.21. The molecule has 0 unspecified atom stereocenters. The molecule has 6 nitrogen and oxygen atoms in total. The maximum atomic E-state index is 12.2. The van der Waals surface area contributed by atoms with Crippen molar-refractivity contribution in [2.75, 3.05) is 13.4 Å². The summed E-state index contributed by atoms with van der Waals surface area (Å²) in [6.07, 6.45) is 0. The number of carbonyl (C=O) groups excluding carboxylic acids is 2. The van der Waals surface area contributed by atoms with E-state index in [0.29, 0.717) is 21.5 Å². The van der Waals surface area contributed by atoms with Crippen LogP contribution in [0.3, 0.4) is 0 Å². The molecule has 1 aliphatic rings. The fraction of sp³-hybridized carbons (Fsp3) is 0.176. The molecule has 0 aromatic heterocycles. The molecular formula is C17H13BrO6. The van der Waals surface area contributed by atoms with Crippen molar-refractivity contribution in [3.63, 3.8) is 0 Å². The average Bonchev–Trinajstić information content (AvgIpc) is 3.03. The largest absolute Gasteiger partial charge is 0.506 e. The highest BCUT2D eigenvalue weighted by atomic mass is 79.9. The number of carbonyl (C=O) groups is 2. The molecule has 0 saturated heterocycles. The zero-order valence-electron chi connectivity index (χ0n) is 12.7. The van der Waals surface area contributed by atoms with Crippen LogP contribution in [0.15, 0.2) is 34.8 Å². The van der Waals surface area contributed by atoms with E-state index in [1.54, 1.807) is 31.2 Å². The van der Waals surface area contributed by atoms with Crippen LogP contribution in [0.5, 0.6) is 17.2 Å². The van der Waals surface area contributed by atoms with E-state index in [1.165, 1.54) is 6.07 Å². The number of aryl methyl sites for hydroxylation is 1. The van der Waals surface area contributed by atoms with Crippen LogP contribution in [0.25, 0.3) is 0 Å². The van der Waals surface area contributed by atoms with Crippen molar-refractivity contribution in [2.45, 2.75) is 6.92 Å². The van der Waals surface area contributed by atoms with Crippen LogP contribution in [0.4, 0.5) is 0 Å². The summed E-state index contributed by atoms with van der Waals surface area (Å²) in [6.45, 7) is 1.45.